The number of likely N-dealkylation sites (tertiary alicyclic amines) is 1. The molecular weight excluding hydrogens is 270 g/mol. The van der Waals surface area contributed by atoms with Gasteiger partial charge in [0.15, 0.2) is 0 Å². The Balaban J connectivity index is 1.73. The van der Waals surface area contributed by atoms with Crippen LogP contribution < -0.4 is 0 Å². The Labute approximate surface area is 124 Å². The monoisotopic (exact) mass is 293 g/mol. The van der Waals surface area contributed by atoms with E-state index in [9.17, 15) is 19.5 Å². The molecule has 0 bridgehead atoms. The van der Waals surface area contributed by atoms with Crippen molar-refractivity contribution in [1.82, 2.24) is 4.90 Å². The van der Waals surface area contributed by atoms with Gasteiger partial charge in [0.25, 0.3) is 0 Å². The van der Waals surface area contributed by atoms with Crippen LogP contribution in [0.3, 0.4) is 0 Å². The molecule has 1 spiro atoms. The normalized spacial score (nSPS) is 32.1. The number of carbonyl (C=O) groups excluding carboxylic acids is 2. The molecule has 1 aliphatic heterocycles. The number of nitrogens with zero attached hydrogens (tertiary/aromatic N) is 1. The van der Waals surface area contributed by atoms with Crippen LogP contribution in [0.5, 0.6) is 0 Å². The first-order valence-corrected chi connectivity index (χ1v) is 8.11. The van der Waals surface area contributed by atoms with Gasteiger partial charge in [0.05, 0.1) is 11.3 Å². The highest BCUT2D eigenvalue weighted by Crippen LogP contribution is 2.47. The van der Waals surface area contributed by atoms with E-state index < -0.39 is 17.3 Å². The number of carboxylic acid groups (broad SMARTS) is 1. The highest BCUT2D eigenvalue weighted by molar-refractivity contribution is 6.06. The first-order chi connectivity index (χ1) is 10.0. The van der Waals surface area contributed by atoms with E-state index in [-0.39, 0.29) is 17.7 Å². The molecule has 2 amide bonds. The van der Waals surface area contributed by atoms with Gasteiger partial charge in [-0.15, -0.1) is 0 Å². The molecule has 3 rings (SSSR count). The fraction of sp³-hybridized carbons (Fsp3) is 0.812. The Morgan fingerprint density at radius 2 is 1.81 bits per heavy atom. The summed E-state index contributed by atoms with van der Waals surface area (Å²) in [6.07, 6.45) is 7.43. The minimum Gasteiger partial charge on any atom is -0.481 e. The first kappa shape index (κ1) is 14.5. The number of hydrogen-bond donors (Lipinski definition) is 1. The average molecular weight is 293 g/mol. The second-order valence-electron chi connectivity index (χ2n) is 6.96. The summed E-state index contributed by atoms with van der Waals surface area (Å²) in [4.78, 5) is 37.7. The van der Waals surface area contributed by atoms with E-state index >= 15 is 0 Å². The molecule has 2 atom stereocenters. The Hall–Kier alpha value is -1.39. The van der Waals surface area contributed by atoms with Crippen molar-refractivity contribution in [2.45, 2.75) is 57.8 Å². The van der Waals surface area contributed by atoms with E-state index in [1.807, 2.05) is 0 Å². The number of hydrogen-bond acceptors (Lipinski definition) is 3. The zero-order valence-electron chi connectivity index (χ0n) is 12.3. The van der Waals surface area contributed by atoms with E-state index in [0.717, 1.165) is 44.9 Å². The van der Waals surface area contributed by atoms with E-state index in [0.29, 0.717) is 19.4 Å². The summed E-state index contributed by atoms with van der Waals surface area (Å²) in [6, 6.07) is 0. The summed E-state index contributed by atoms with van der Waals surface area (Å²) in [5, 5.41) is 9.33. The SMILES string of the molecule is O=C(O)C1CCCCC1CN1C(=O)CC2(CCCC2)C1=O. The van der Waals surface area contributed by atoms with Gasteiger partial charge in [-0.3, -0.25) is 19.3 Å². The number of carboxylic acids is 1. The maximum Gasteiger partial charge on any atom is 0.306 e. The minimum atomic E-state index is -0.783. The molecule has 3 fully saturated rings. The molecule has 0 aromatic rings. The molecule has 1 heterocycles. The summed E-state index contributed by atoms with van der Waals surface area (Å²) in [7, 11) is 0. The third-order valence-corrected chi connectivity index (χ3v) is 5.69. The molecule has 0 aromatic heterocycles. The van der Waals surface area contributed by atoms with Crippen LogP contribution in [0.1, 0.15) is 57.8 Å². The predicted octanol–water partition coefficient (Wildman–Crippen LogP) is 2.20. The zero-order chi connectivity index (χ0) is 15.0. The van der Waals surface area contributed by atoms with Crippen molar-refractivity contribution >= 4 is 17.8 Å². The number of aliphatic carboxylic acids is 1. The summed E-state index contributed by atoms with van der Waals surface area (Å²) >= 11 is 0. The number of rotatable bonds is 3. The van der Waals surface area contributed by atoms with Gasteiger partial charge in [0.1, 0.15) is 0 Å². The molecule has 2 aliphatic carbocycles. The third kappa shape index (κ3) is 2.47. The van der Waals surface area contributed by atoms with Crippen molar-refractivity contribution in [2.24, 2.45) is 17.3 Å². The summed E-state index contributed by atoms with van der Waals surface area (Å²) in [5.74, 6) is -1.37. The lowest BCUT2D eigenvalue weighted by atomic mass is 9.79. The van der Waals surface area contributed by atoms with E-state index in [1.165, 1.54) is 4.90 Å². The van der Waals surface area contributed by atoms with Crippen LogP contribution >= 0.6 is 0 Å². The Morgan fingerprint density at radius 3 is 2.48 bits per heavy atom. The van der Waals surface area contributed by atoms with Crippen molar-refractivity contribution in [2.75, 3.05) is 6.54 Å². The van der Waals surface area contributed by atoms with E-state index in [1.54, 1.807) is 0 Å². The lowest BCUT2D eigenvalue weighted by molar-refractivity contribution is -0.149. The number of carbonyl (C=O) groups is 3. The van der Waals surface area contributed by atoms with Gasteiger partial charge in [-0.25, -0.2) is 0 Å². The topological polar surface area (TPSA) is 74.7 Å². The van der Waals surface area contributed by atoms with Crippen LogP contribution in [0.15, 0.2) is 0 Å². The summed E-state index contributed by atoms with van der Waals surface area (Å²) in [5.41, 5.74) is -0.440. The van der Waals surface area contributed by atoms with Crippen LogP contribution in [0, 0.1) is 17.3 Å². The molecule has 116 valence electrons. The van der Waals surface area contributed by atoms with Crippen molar-refractivity contribution in [1.29, 1.82) is 0 Å². The van der Waals surface area contributed by atoms with Crippen molar-refractivity contribution in [3.8, 4) is 0 Å². The van der Waals surface area contributed by atoms with Gasteiger partial charge < -0.3 is 5.11 Å². The highest BCUT2D eigenvalue weighted by Gasteiger charge is 2.53. The summed E-state index contributed by atoms with van der Waals surface area (Å²) in [6.45, 7) is 0.316. The van der Waals surface area contributed by atoms with Gasteiger partial charge >= 0.3 is 5.97 Å². The number of imide groups is 1. The molecule has 3 aliphatic rings. The predicted molar refractivity (Wildman–Crippen MR) is 75.3 cm³/mol. The first-order valence-electron chi connectivity index (χ1n) is 8.11. The van der Waals surface area contributed by atoms with Gasteiger partial charge in [0.2, 0.25) is 11.8 Å². The Morgan fingerprint density at radius 1 is 1.14 bits per heavy atom. The molecule has 21 heavy (non-hydrogen) atoms. The molecule has 0 aromatic carbocycles. The molecule has 2 saturated carbocycles. The maximum atomic E-state index is 12.6. The molecular formula is C16H23NO4. The molecule has 5 heteroatoms. The van der Waals surface area contributed by atoms with E-state index in [4.69, 9.17) is 0 Å². The lowest BCUT2D eigenvalue weighted by Crippen LogP contribution is -2.41. The fourth-order valence-corrected chi connectivity index (χ4v) is 4.47. The standard InChI is InChI=1S/C16H23NO4/c18-13-9-16(7-3-4-8-16)15(21)17(13)10-11-5-1-2-6-12(11)14(19)20/h11-12H,1-10H2,(H,19,20). The van der Waals surface area contributed by atoms with Crippen LogP contribution in [0.4, 0.5) is 0 Å². The van der Waals surface area contributed by atoms with Crippen LogP contribution in [-0.4, -0.2) is 34.3 Å². The molecule has 0 radical (unpaired) electrons. The van der Waals surface area contributed by atoms with Crippen LogP contribution in [-0.2, 0) is 14.4 Å². The molecule has 2 unspecified atom stereocenters. The quantitative estimate of drug-likeness (QED) is 0.809. The van der Waals surface area contributed by atoms with Gasteiger partial charge in [-0.2, -0.15) is 0 Å². The van der Waals surface area contributed by atoms with Crippen molar-refractivity contribution in [3.05, 3.63) is 0 Å². The minimum absolute atomic E-state index is 0.0280. The van der Waals surface area contributed by atoms with Crippen molar-refractivity contribution in [3.63, 3.8) is 0 Å². The number of amides is 2. The Kier molecular flexibility index (Phi) is 3.76. The summed E-state index contributed by atoms with van der Waals surface area (Å²) < 4.78 is 0. The van der Waals surface area contributed by atoms with E-state index in [2.05, 4.69) is 0 Å². The van der Waals surface area contributed by atoms with Gasteiger partial charge in [-0.1, -0.05) is 25.7 Å². The second-order valence-corrected chi connectivity index (χ2v) is 6.96. The van der Waals surface area contributed by atoms with Gasteiger partial charge in [-0.05, 0) is 31.6 Å². The van der Waals surface area contributed by atoms with Crippen molar-refractivity contribution < 1.29 is 19.5 Å². The molecule has 1 N–H and O–H groups in total. The fourth-order valence-electron chi connectivity index (χ4n) is 4.47. The second kappa shape index (κ2) is 5.43. The third-order valence-electron chi connectivity index (χ3n) is 5.69. The average Bonchev–Trinajstić information content (AvgIpc) is 3.01. The Bertz CT molecular complexity index is 467. The molecule has 5 nitrogen and oxygen atoms in total. The lowest BCUT2D eigenvalue weighted by Gasteiger charge is -2.31. The van der Waals surface area contributed by atoms with Crippen LogP contribution in [0.2, 0.25) is 0 Å². The highest BCUT2D eigenvalue weighted by atomic mass is 16.4. The van der Waals surface area contributed by atoms with Crippen LogP contribution in [0.25, 0.3) is 0 Å². The largest absolute Gasteiger partial charge is 0.481 e. The molecule has 1 saturated heterocycles. The zero-order valence-corrected chi connectivity index (χ0v) is 12.3. The van der Waals surface area contributed by atoms with Gasteiger partial charge in [0, 0.05) is 13.0 Å². The smallest absolute Gasteiger partial charge is 0.306 e. The maximum absolute atomic E-state index is 12.6.